The maximum absolute atomic E-state index is 13.8. The quantitative estimate of drug-likeness (QED) is 0.479. The van der Waals surface area contributed by atoms with Crippen molar-refractivity contribution >= 4 is 5.78 Å². The van der Waals surface area contributed by atoms with Gasteiger partial charge in [-0.25, -0.2) is 0 Å². The number of ketones is 1. The predicted molar refractivity (Wildman–Crippen MR) is 131 cm³/mol. The van der Waals surface area contributed by atoms with Crippen LogP contribution < -0.4 is 14.2 Å². The topological polar surface area (TPSA) is 85.2 Å². The number of hydrogen-bond acceptors (Lipinski definition) is 6. The van der Waals surface area contributed by atoms with E-state index in [1.54, 1.807) is 24.3 Å². The number of benzene rings is 3. The van der Waals surface area contributed by atoms with E-state index in [1.165, 1.54) is 18.2 Å². The highest BCUT2D eigenvalue weighted by molar-refractivity contribution is 6.06. The second-order valence-electron chi connectivity index (χ2n) is 11.3. The number of hydrogen-bond donors (Lipinski definition) is 2. The zero-order chi connectivity index (χ0) is 25.4. The van der Waals surface area contributed by atoms with Crippen LogP contribution in [-0.4, -0.2) is 21.8 Å². The number of aliphatic hydroxyl groups is 1. The Balaban J connectivity index is 1.83. The Morgan fingerprint density at radius 2 is 1.43 bits per heavy atom. The average Bonchev–Trinajstić information content (AvgIpc) is 2.77. The summed E-state index contributed by atoms with van der Waals surface area (Å²) in [5.41, 5.74) is 1.73. The Morgan fingerprint density at radius 3 is 2.06 bits per heavy atom. The Morgan fingerprint density at radius 1 is 0.771 bits per heavy atom. The lowest BCUT2D eigenvalue weighted by Gasteiger charge is -2.50. The first kappa shape index (κ1) is 23.2. The number of carbonyl (C=O) groups is 1. The molecule has 0 fully saturated rings. The zero-order valence-electron chi connectivity index (χ0n) is 20.8. The molecule has 2 atom stereocenters. The third-order valence-corrected chi connectivity index (χ3v) is 6.60. The van der Waals surface area contributed by atoms with Crippen molar-refractivity contribution in [3.63, 3.8) is 0 Å². The fourth-order valence-corrected chi connectivity index (χ4v) is 4.59. The van der Waals surface area contributed by atoms with Gasteiger partial charge in [0.2, 0.25) is 5.78 Å². The molecule has 3 aromatic carbocycles. The van der Waals surface area contributed by atoms with Gasteiger partial charge in [-0.3, -0.25) is 4.79 Å². The summed E-state index contributed by atoms with van der Waals surface area (Å²) in [6.07, 6.45) is 0. The highest BCUT2D eigenvalue weighted by Gasteiger charge is 2.70. The lowest BCUT2D eigenvalue weighted by atomic mass is 9.79. The van der Waals surface area contributed by atoms with Crippen molar-refractivity contribution < 1.29 is 29.2 Å². The van der Waals surface area contributed by atoms with Crippen LogP contribution in [0.15, 0.2) is 60.7 Å². The van der Waals surface area contributed by atoms with Crippen molar-refractivity contribution in [2.75, 3.05) is 0 Å². The fraction of sp³-hybridized carbons (Fsp3) is 0.345. The normalized spacial score (nSPS) is 23.2. The maximum Gasteiger partial charge on any atom is 0.357 e. The van der Waals surface area contributed by atoms with Crippen LogP contribution in [-0.2, 0) is 16.6 Å². The van der Waals surface area contributed by atoms with E-state index in [2.05, 4.69) is 20.8 Å². The molecule has 0 saturated carbocycles. The van der Waals surface area contributed by atoms with Gasteiger partial charge >= 0.3 is 11.6 Å². The van der Waals surface area contributed by atoms with Crippen LogP contribution in [0.5, 0.6) is 23.0 Å². The van der Waals surface area contributed by atoms with Crippen molar-refractivity contribution in [1.82, 2.24) is 0 Å². The summed E-state index contributed by atoms with van der Waals surface area (Å²) in [6.45, 7) is 12.4. The summed E-state index contributed by atoms with van der Waals surface area (Å²) in [5.74, 6) is -4.58. The molecule has 2 N–H and O–H groups in total. The molecular formula is C29H30O6. The number of Topliss-reactive ketones (excluding diaryl/α,β-unsaturated/α-hetero) is 1. The van der Waals surface area contributed by atoms with E-state index in [0.29, 0.717) is 17.1 Å². The van der Waals surface area contributed by atoms with Crippen molar-refractivity contribution in [2.45, 2.75) is 63.9 Å². The molecule has 0 unspecified atom stereocenters. The van der Waals surface area contributed by atoms with Gasteiger partial charge in [0.1, 0.15) is 11.5 Å². The third-order valence-electron chi connectivity index (χ3n) is 6.60. The molecular weight excluding hydrogens is 444 g/mol. The molecule has 5 rings (SSSR count). The molecule has 3 aromatic rings. The highest BCUT2D eigenvalue weighted by Crippen LogP contribution is 2.56. The molecule has 0 saturated heterocycles. The number of aromatic hydroxyl groups is 1. The van der Waals surface area contributed by atoms with Crippen LogP contribution in [0, 0.1) is 0 Å². The molecule has 0 bridgehead atoms. The van der Waals surface area contributed by atoms with Crippen LogP contribution in [0.3, 0.4) is 0 Å². The van der Waals surface area contributed by atoms with Gasteiger partial charge in [-0.2, -0.15) is 0 Å². The first-order chi connectivity index (χ1) is 16.3. The van der Waals surface area contributed by atoms with Crippen LogP contribution >= 0.6 is 0 Å². The summed E-state index contributed by atoms with van der Waals surface area (Å²) >= 11 is 0. The summed E-state index contributed by atoms with van der Waals surface area (Å²) in [5, 5.41) is 22.1. The average molecular weight is 475 g/mol. The second-order valence-corrected chi connectivity index (χ2v) is 11.3. The van der Waals surface area contributed by atoms with Crippen molar-refractivity contribution in [3.05, 3.63) is 82.9 Å². The fourth-order valence-electron chi connectivity index (χ4n) is 4.59. The Labute approximate surface area is 205 Å². The Kier molecular flexibility index (Phi) is 4.81. The minimum Gasteiger partial charge on any atom is -0.508 e. The Bertz CT molecular complexity index is 1330. The molecule has 2 aliphatic rings. The Hall–Kier alpha value is -3.51. The number of phenolic OH excluding ortho intramolecular Hbond substituents is 1. The molecule has 35 heavy (non-hydrogen) atoms. The molecule has 0 amide bonds. The standard InChI is InChI=1S/C29H30O6/c1-26(2,3)18-14-21(27(4,5)6)24-23(15-18)34-29(17-10-8-7-9-11-17)28(32,35-24)25(31)20-13-12-19(30)16-22(20)33-29/h7-16,30,32H,1-6H3/t28-,29-/m1/s1. The van der Waals surface area contributed by atoms with E-state index in [0.717, 1.165) is 11.1 Å². The number of fused-ring (bicyclic) bond motifs is 3. The number of phenols is 1. The molecule has 0 aromatic heterocycles. The molecule has 2 heterocycles. The molecule has 0 radical (unpaired) electrons. The minimum absolute atomic E-state index is 0.0765. The largest absolute Gasteiger partial charge is 0.508 e. The highest BCUT2D eigenvalue weighted by atomic mass is 16.8. The molecule has 6 nitrogen and oxygen atoms in total. The van der Waals surface area contributed by atoms with Gasteiger partial charge in [0, 0.05) is 17.2 Å². The van der Waals surface area contributed by atoms with Crippen molar-refractivity contribution in [3.8, 4) is 23.0 Å². The van der Waals surface area contributed by atoms with E-state index in [-0.39, 0.29) is 27.9 Å². The number of carbonyl (C=O) groups excluding carboxylic acids is 1. The van der Waals surface area contributed by atoms with Crippen molar-refractivity contribution in [1.29, 1.82) is 0 Å². The van der Waals surface area contributed by atoms with E-state index >= 15 is 0 Å². The van der Waals surface area contributed by atoms with Gasteiger partial charge in [-0.15, -0.1) is 0 Å². The molecule has 182 valence electrons. The second kappa shape index (κ2) is 7.25. The smallest absolute Gasteiger partial charge is 0.357 e. The van der Waals surface area contributed by atoms with Gasteiger partial charge < -0.3 is 24.4 Å². The lowest BCUT2D eigenvalue weighted by molar-refractivity contribution is -0.316. The molecule has 2 aliphatic heterocycles. The zero-order valence-corrected chi connectivity index (χ0v) is 20.8. The summed E-state index contributed by atoms with van der Waals surface area (Å²) in [6, 6.07) is 16.8. The summed E-state index contributed by atoms with van der Waals surface area (Å²) in [4.78, 5) is 13.8. The van der Waals surface area contributed by atoms with Crippen LogP contribution in [0.2, 0.25) is 0 Å². The van der Waals surface area contributed by atoms with Crippen molar-refractivity contribution in [2.24, 2.45) is 0 Å². The number of rotatable bonds is 1. The minimum atomic E-state index is -2.52. The van der Waals surface area contributed by atoms with Gasteiger partial charge in [-0.1, -0.05) is 77.9 Å². The molecule has 6 heteroatoms. The lowest BCUT2D eigenvalue weighted by Crippen LogP contribution is -2.70. The summed E-state index contributed by atoms with van der Waals surface area (Å²) < 4.78 is 19.1. The SMILES string of the molecule is CC(C)(C)c1cc2c(c(C(C)(C)C)c1)O[C@]1(O)C(=O)c3ccc(O)cc3O[C@]1(c1ccccc1)O2. The number of ether oxygens (including phenoxy) is 3. The van der Waals surface area contributed by atoms with Gasteiger partial charge in [-0.05, 0) is 34.6 Å². The van der Waals surface area contributed by atoms with Crippen LogP contribution in [0.4, 0.5) is 0 Å². The predicted octanol–water partition coefficient (Wildman–Crippen LogP) is 5.58. The van der Waals surface area contributed by atoms with Gasteiger partial charge in [0.05, 0.1) is 5.56 Å². The molecule has 0 spiro atoms. The third kappa shape index (κ3) is 3.39. The first-order valence-electron chi connectivity index (χ1n) is 11.7. The maximum atomic E-state index is 13.8. The first-order valence-corrected chi connectivity index (χ1v) is 11.7. The molecule has 0 aliphatic carbocycles. The van der Waals surface area contributed by atoms with Gasteiger partial charge in [0.25, 0.3) is 0 Å². The monoisotopic (exact) mass is 474 g/mol. The van der Waals surface area contributed by atoms with Crippen LogP contribution in [0.1, 0.15) is 68.6 Å². The van der Waals surface area contributed by atoms with Crippen LogP contribution in [0.25, 0.3) is 0 Å². The summed E-state index contributed by atoms with van der Waals surface area (Å²) in [7, 11) is 0. The van der Waals surface area contributed by atoms with E-state index in [4.69, 9.17) is 14.2 Å². The van der Waals surface area contributed by atoms with Gasteiger partial charge in [0.15, 0.2) is 11.5 Å². The van der Waals surface area contributed by atoms with E-state index in [9.17, 15) is 15.0 Å². The van der Waals surface area contributed by atoms with E-state index < -0.39 is 17.4 Å². The van der Waals surface area contributed by atoms with E-state index in [1.807, 2.05) is 39.0 Å².